The van der Waals surface area contributed by atoms with Crippen molar-refractivity contribution in [3.05, 3.63) is 4.91 Å². The molecule has 0 radical (unpaired) electrons. The molecule has 0 aliphatic carbocycles. The first-order chi connectivity index (χ1) is 1.41. The van der Waals surface area contributed by atoms with Gasteiger partial charge in [-0.05, 0) is 0 Å². The molecule has 4 heavy (non-hydrogen) atoms. The number of hydrogen-bond donors (Lipinski definition) is 1. The molecular weight excluding hydrogens is 55.0 g/mol. The van der Waals surface area contributed by atoms with Gasteiger partial charge in [-0.15, -0.1) is 4.91 Å². The summed E-state index contributed by atoms with van der Waals surface area (Å²) in [7, 11) is 0. The fraction of sp³-hybridized carbons (Fsp3) is 0. The maximum atomic E-state index is 8.11. The van der Waals surface area contributed by atoms with Crippen LogP contribution in [0.25, 0.3) is 0 Å². The Morgan fingerprint density at radius 1 is 2.00 bits per heavy atom. The third kappa shape index (κ3) is 2.73. The molecule has 0 fully saturated rings. The van der Waals surface area contributed by atoms with Gasteiger partial charge in [0.15, 0.2) is 5.34 Å². The zero-order valence-corrected chi connectivity index (χ0v) is 2.01. The fourth-order valence-electron chi connectivity index (χ4n) is 0. The molecule has 0 heterocycles. The van der Waals surface area contributed by atoms with Gasteiger partial charge >= 0.3 is 10.1 Å². The molecule has 0 rings (SSSR count). The first-order valence-corrected chi connectivity index (χ1v) is 0.383. The minimum absolute atomic E-state index is 0. The van der Waals surface area contributed by atoms with E-state index in [1.165, 1.54) is 5.34 Å². The molecular formula is H3BeNO2. The Bertz CT molecular complexity index is 19.0. The van der Waals surface area contributed by atoms with Gasteiger partial charge in [-0.1, -0.05) is 0 Å². The van der Waals surface area contributed by atoms with E-state index in [0.717, 1.165) is 0 Å². The van der Waals surface area contributed by atoms with Crippen molar-refractivity contribution in [1.29, 1.82) is 0 Å². The minimum atomic E-state index is 0. The smallest absolute Gasteiger partial charge is 1.00 e. The Kier molecular flexibility index (Phi) is 46.7. The van der Waals surface area contributed by atoms with E-state index in [9.17, 15) is 0 Å². The Morgan fingerprint density at radius 2 is 2.00 bits per heavy atom. The molecule has 4 heteroatoms. The molecule has 0 unspecified atom stereocenters. The molecule has 3 nitrogen and oxygen atoms in total. The average Bonchev–Trinajstić information content (AvgIpc) is 0.918. The molecule has 0 spiro atoms. The van der Waals surface area contributed by atoms with Crippen LogP contribution in [0.1, 0.15) is 2.85 Å². The SMILES string of the molecule is O=NO.[Be+2].[H-].[H-]. The quantitative estimate of drug-likeness (QED) is 0.242. The zero-order valence-electron chi connectivity index (χ0n) is 4.01. The molecule has 0 saturated heterocycles. The summed E-state index contributed by atoms with van der Waals surface area (Å²) in [5, 5.41) is 7.89. The maximum absolute atomic E-state index is 8.11. The van der Waals surface area contributed by atoms with E-state index < -0.39 is 0 Å². The first-order valence-electron chi connectivity index (χ1n) is 0.383. The van der Waals surface area contributed by atoms with Crippen LogP contribution in [0.5, 0.6) is 0 Å². The second-order valence-corrected chi connectivity index (χ2v) is 0.0816. The molecule has 0 amide bonds. The summed E-state index contributed by atoms with van der Waals surface area (Å²) in [5.41, 5.74) is 0. The normalized spacial score (nSPS) is 3.00. The average molecular weight is 58.0 g/mol. The summed E-state index contributed by atoms with van der Waals surface area (Å²) >= 11 is 0. The van der Waals surface area contributed by atoms with Crippen LogP contribution in [0.15, 0.2) is 5.34 Å². The molecule has 0 aliphatic heterocycles. The van der Waals surface area contributed by atoms with Crippen LogP contribution in [0, 0.1) is 4.91 Å². The van der Waals surface area contributed by atoms with Gasteiger partial charge in [-0.3, -0.25) is 0 Å². The predicted octanol–water partition coefficient (Wildman–Crippen LogP) is -0.0138. The molecule has 0 atom stereocenters. The van der Waals surface area contributed by atoms with E-state index in [2.05, 4.69) is 0 Å². The third-order valence-corrected chi connectivity index (χ3v) is 0. The van der Waals surface area contributed by atoms with Crippen LogP contribution < -0.4 is 0 Å². The van der Waals surface area contributed by atoms with Crippen molar-refractivity contribution in [1.82, 2.24) is 0 Å². The largest absolute Gasteiger partial charge is 2.00 e. The van der Waals surface area contributed by atoms with Crippen molar-refractivity contribution in [3.63, 3.8) is 0 Å². The first kappa shape index (κ1) is 9.57. The van der Waals surface area contributed by atoms with Crippen molar-refractivity contribution in [2.24, 2.45) is 5.34 Å². The second-order valence-electron chi connectivity index (χ2n) is 0.0816. The van der Waals surface area contributed by atoms with Gasteiger partial charge in [-0.25, -0.2) is 0 Å². The van der Waals surface area contributed by atoms with E-state index in [-0.39, 0.29) is 13.0 Å². The van der Waals surface area contributed by atoms with E-state index in [0.29, 0.717) is 0 Å². The summed E-state index contributed by atoms with van der Waals surface area (Å²) in [6, 6.07) is 0. The summed E-state index contributed by atoms with van der Waals surface area (Å²) < 4.78 is 0. The number of nitrogens with zero attached hydrogens (tertiary/aromatic N) is 1. The van der Waals surface area contributed by atoms with Crippen LogP contribution in [-0.2, 0) is 0 Å². The van der Waals surface area contributed by atoms with Gasteiger partial charge in [0.25, 0.3) is 0 Å². The number of rotatable bonds is 0. The standard InChI is InChI=1S/Be.HNO2.2H/c;2-1-3;;/h;(H,2,3);;/q+2;;2*-1. The van der Waals surface area contributed by atoms with Crippen molar-refractivity contribution in [2.75, 3.05) is 0 Å². The molecule has 22 valence electrons. The summed E-state index contributed by atoms with van der Waals surface area (Å²) in [4.78, 5) is 8.11. The van der Waals surface area contributed by atoms with Gasteiger partial charge in [-0.2, -0.15) is 0 Å². The van der Waals surface area contributed by atoms with E-state index in [1.54, 1.807) is 0 Å². The second kappa shape index (κ2) is 19.5. The van der Waals surface area contributed by atoms with Crippen molar-refractivity contribution in [3.8, 4) is 0 Å². The van der Waals surface area contributed by atoms with Crippen LogP contribution in [-0.4, -0.2) is 15.3 Å². The third-order valence-electron chi connectivity index (χ3n) is 0. The molecule has 1 N–H and O–H groups in total. The fourth-order valence-corrected chi connectivity index (χ4v) is 0. The monoisotopic (exact) mass is 58.0 g/mol. The van der Waals surface area contributed by atoms with Crippen LogP contribution >= 0.6 is 0 Å². The van der Waals surface area contributed by atoms with E-state index in [4.69, 9.17) is 10.1 Å². The summed E-state index contributed by atoms with van der Waals surface area (Å²) in [6.07, 6.45) is 0. The maximum Gasteiger partial charge on any atom is 2.00 e. The Hall–Kier alpha value is -0.431. The van der Waals surface area contributed by atoms with Crippen LogP contribution in [0.2, 0.25) is 0 Å². The van der Waals surface area contributed by atoms with E-state index >= 15 is 0 Å². The van der Waals surface area contributed by atoms with Gasteiger partial charge < -0.3 is 8.06 Å². The van der Waals surface area contributed by atoms with Gasteiger partial charge in [0, 0.05) is 0 Å². The Morgan fingerprint density at radius 3 is 2.00 bits per heavy atom. The topological polar surface area (TPSA) is 49.7 Å². The predicted molar refractivity (Wildman–Crippen MR) is 15.6 cm³/mol. The molecule has 0 saturated carbocycles. The zero-order chi connectivity index (χ0) is 2.71. The molecule has 0 aromatic carbocycles. The molecule has 0 bridgehead atoms. The van der Waals surface area contributed by atoms with Crippen LogP contribution in [0.3, 0.4) is 0 Å². The van der Waals surface area contributed by atoms with Gasteiger partial charge in [0.05, 0.1) is 0 Å². The summed E-state index contributed by atoms with van der Waals surface area (Å²) in [5.74, 6) is 0. The molecule has 0 aliphatic rings. The van der Waals surface area contributed by atoms with Crippen molar-refractivity contribution in [2.45, 2.75) is 0 Å². The Labute approximate surface area is 29.8 Å². The number of hydrogen-bond acceptors (Lipinski definition) is 2. The molecule has 0 aromatic heterocycles. The van der Waals surface area contributed by atoms with Crippen molar-refractivity contribution < 1.29 is 8.06 Å². The van der Waals surface area contributed by atoms with Crippen molar-refractivity contribution >= 4 is 10.1 Å². The van der Waals surface area contributed by atoms with Gasteiger partial charge in [0.1, 0.15) is 0 Å². The Balaban J connectivity index is -0.00000000667. The van der Waals surface area contributed by atoms with Crippen LogP contribution in [0.4, 0.5) is 0 Å². The summed E-state index contributed by atoms with van der Waals surface area (Å²) in [6.45, 7) is 0. The van der Waals surface area contributed by atoms with Gasteiger partial charge in [0.2, 0.25) is 0 Å². The van der Waals surface area contributed by atoms with E-state index in [1.807, 2.05) is 0 Å². The minimum Gasteiger partial charge on any atom is -1.00 e. The molecule has 0 aromatic rings.